The lowest BCUT2D eigenvalue weighted by molar-refractivity contribution is 0.0697. The number of aromatic carboxylic acids is 1. The van der Waals surface area contributed by atoms with E-state index < -0.39 is 5.97 Å². The van der Waals surface area contributed by atoms with Crippen LogP contribution < -0.4 is 0 Å². The molecule has 136 valence electrons. The molecule has 0 aliphatic rings. The Bertz CT molecular complexity index is 1180. The number of fused-ring (bicyclic) bond motifs is 1. The van der Waals surface area contributed by atoms with Crippen molar-refractivity contribution in [3.8, 4) is 16.9 Å². The Morgan fingerprint density at radius 2 is 1.36 bits per heavy atom. The number of phenolic OH excluding ortho intramolecular Hbond substituents is 1. The van der Waals surface area contributed by atoms with Gasteiger partial charge >= 0.3 is 5.97 Å². The number of carboxylic acid groups (broad SMARTS) is 1. The average molecular weight is 368 g/mol. The first kappa shape index (κ1) is 17.4. The van der Waals surface area contributed by atoms with Gasteiger partial charge in [0.25, 0.3) is 0 Å². The van der Waals surface area contributed by atoms with Crippen molar-refractivity contribution >= 4 is 28.1 Å². The molecular weight excluding hydrogens is 352 g/mol. The summed E-state index contributed by atoms with van der Waals surface area (Å²) in [6.45, 7) is 0. The molecule has 0 heterocycles. The van der Waals surface area contributed by atoms with Crippen molar-refractivity contribution in [2.24, 2.45) is 10.2 Å². The van der Waals surface area contributed by atoms with Crippen molar-refractivity contribution in [3.63, 3.8) is 0 Å². The van der Waals surface area contributed by atoms with E-state index in [4.69, 9.17) is 5.11 Å². The van der Waals surface area contributed by atoms with Crippen molar-refractivity contribution in [1.29, 1.82) is 0 Å². The lowest BCUT2D eigenvalue weighted by Crippen LogP contribution is -1.94. The second kappa shape index (κ2) is 7.32. The van der Waals surface area contributed by atoms with Crippen LogP contribution in [0.4, 0.5) is 11.4 Å². The number of aromatic hydroxyl groups is 1. The van der Waals surface area contributed by atoms with Gasteiger partial charge in [-0.25, -0.2) is 4.79 Å². The molecule has 0 radical (unpaired) electrons. The molecule has 0 saturated carbocycles. The third-order valence-electron chi connectivity index (χ3n) is 4.48. The van der Waals surface area contributed by atoms with E-state index >= 15 is 0 Å². The molecule has 0 saturated heterocycles. The van der Waals surface area contributed by atoms with Crippen LogP contribution in [0.3, 0.4) is 0 Å². The second-order valence-electron chi connectivity index (χ2n) is 6.28. The molecular formula is C23H16N2O3. The highest BCUT2D eigenvalue weighted by atomic mass is 16.4. The predicted molar refractivity (Wildman–Crippen MR) is 109 cm³/mol. The Morgan fingerprint density at radius 1 is 0.714 bits per heavy atom. The highest BCUT2D eigenvalue weighted by Crippen LogP contribution is 2.36. The van der Waals surface area contributed by atoms with E-state index in [9.17, 15) is 9.90 Å². The van der Waals surface area contributed by atoms with E-state index in [1.54, 1.807) is 30.3 Å². The number of carbonyl (C=O) groups is 1. The molecule has 0 fully saturated rings. The van der Waals surface area contributed by atoms with Crippen LogP contribution in [-0.4, -0.2) is 16.2 Å². The fourth-order valence-corrected chi connectivity index (χ4v) is 2.98. The average Bonchev–Trinajstić information content (AvgIpc) is 2.73. The quantitative estimate of drug-likeness (QED) is 0.413. The zero-order valence-electron chi connectivity index (χ0n) is 14.8. The predicted octanol–water partition coefficient (Wildman–Crippen LogP) is 6.33. The molecule has 0 aliphatic carbocycles. The number of carboxylic acids is 1. The summed E-state index contributed by atoms with van der Waals surface area (Å²) in [4.78, 5) is 10.9. The molecule has 28 heavy (non-hydrogen) atoms. The van der Waals surface area contributed by atoms with Gasteiger partial charge in [-0.15, -0.1) is 5.11 Å². The van der Waals surface area contributed by atoms with Crippen LogP contribution in [0, 0.1) is 0 Å². The fourth-order valence-electron chi connectivity index (χ4n) is 2.98. The number of benzene rings is 4. The Morgan fingerprint density at radius 3 is 2.04 bits per heavy atom. The molecule has 0 amide bonds. The van der Waals surface area contributed by atoms with E-state index in [1.165, 1.54) is 0 Å². The standard InChI is InChI=1S/C23H16N2O3/c26-21-14-11-17-3-1-2-4-20(17)22(21)25-24-19-12-9-16(10-13-19)15-5-7-18(8-6-15)23(27)28/h1-14,26H,(H,27,28). The molecule has 5 heteroatoms. The summed E-state index contributed by atoms with van der Waals surface area (Å²) in [5.74, 6) is -0.864. The topological polar surface area (TPSA) is 82.2 Å². The van der Waals surface area contributed by atoms with Crippen LogP contribution in [-0.2, 0) is 0 Å². The largest absolute Gasteiger partial charge is 0.506 e. The number of rotatable bonds is 4. The fraction of sp³-hybridized carbons (Fsp3) is 0. The van der Waals surface area contributed by atoms with Crippen LogP contribution in [0.5, 0.6) is 5.75 Å². The van der Waals surface area contributed by atoms with Gasteiger partial charge in [0.1, 0.15) is 11.4 Å². The van der Waals surface area contributed by atoms with Crippen LogP contribution in [0.1, 0.15) is 10.4 Å². The molecule has 0 unspecified atom stereocenters. The summed E-state index contributed by atoms with van der Waals surface area (Å²) in [5, 5.41) is 29.4. The summed E-state index contributed by atoms with van der Waals surface area (Å²) in [6.07, 6.45) is 0. The molecule has 0 spiro atoms. The van der Waals surface area contributed by atoms with Gasteiger partial charge in [-0.3, -0.25) is 0 Å². The number of azo groups is 1. The SMILES string of the molecule is O=C(O)c1ccc(-c2ccc(N=Nc3c(O)ccc4ccccc34)cc2)cc1. The molecule has 4 aromatic rings. The maximum atomic E-state index is 10.9. The van der Waals surface area contributed by atoms with Crippen molar-refractivity contribution in [2.45, 2.75) is 0 Å². The molecule has 4 rings (SSSR count). The smallest absolute Gasteiger partial charge is 0.335 e. The van der Waals surface area contributed by atoms with Gasteiger partial charge in [-0.1, -0.05) is 54.6 Å². The van der Waals surface area contributed by atoms with Crippen molar-refractivity contribution < 1.29 is 15.0 Å². The van der Waals surface area contributed by atoms with Crippen LogP contribution in [0.15, 0.2) is 95.2 Å². The van der Waals surface area contributed by atoms with Gasteiger partial charge in [-0.05, 0) is 46.8 Å². The normalized spacial score (nSPS) is 11.1. The first-order valence-electron chi connectivity index (χ1n) is 8.68. The van der Waals surface area contributed by atoms with Crippen LogP contribution in [0.2, 0.25) is 0 Å². The highest BCUT2D eigenvalue weighted by Gasteiger charge is 2.06. The number of hydrogen-bond acceptors (Lipinski definition) is 4. The van der Waals surface area contributed by atoms with E-state index in [1.807, 2.05) is 54.6 Å². The summed E-state index contributed by atoms with van der Waals surface area (Å²) < 4.78 is 0. The van der Waals surface area contributed by atoms with Gasteiger partial charge in [0, 0.05) is 5.39 Å². The summed E-state index contributed by atoms with van der Waals surface area (Å²) in [5.41, 5.74) is 3.21. The minimum atomic E-state index is -0.945. The maximum absolute atomic E-state index is 10.9. The third kappa shape index (κ3) is 3.46. The van der Waals surface area contributed by atoms with Gasteiger partial charge in [0.15, 0.2) is 0 Å². The van der Waals surface area contributed by atoms with Gasteiger partial charge in [0.2, 0.25) is 0 Å². The molecule has 0 bridgehead atoms. The first-order valence-corrected chi connectivity index (χ1v) is 8.68. The van der Waals surface area contributed by atoms with E-state index in [0.29, 0.717) is 11.4 Å². The van der Waals surface area contributed by atoms with Crippen LogP contribution in [0.25, 0.3) is 21.9 Å². The maximum Gasteiger partial charge on any atom is 0.335 e. The number of nitrogens with zero attached hydrogens (tertiary/aromatic N) is 2. The zero-order valence-corrected chi connectivity index (χ0v) is 14.8. The summed E-state index contributed by atoms with van der Waals surface area (Å²) in [7, 11) is 0. The highest BCUT2D eigenvalue weighted by molar-refractivity contribution is 5.95. The van der Waals surface area contributed by atoms with Crippen molar-refractivity contribution in [2.75, 3.05) is 0 Å². The molecule has 0 atom stereocenters. The Labute approximate surface area is 161 Å². The van der Waals surface area contributed by atoms with Crippen molar-refractivity contribution in [1.82, 2.24) is 0 Å². The number of phenols is 1. The monoisotopic (exact) mass is 368 g/mol. The van der Waals surface area contributed by atoms with Gasteiger partial charge < -0.3 is 10.2 Å². The van der Waals surface area contributed by atoms with Crippen molar-refractivity contribution in [3.05, 3.63) is 90.5 Å². The minimum Gasteiger partial charge on any atom is -0.506 e. The summed E-state index contributed by atoms with van der Waals surface area (Å²) in [6, 6.07) is 25.3. The Hall–Kier alpha value is -3.99. The Kier molecular flexibility index (Phi) is 4.56. The van der Waals surface area contributed by atoms with E-state index in [0.717, 1.165) is 21.9 Å². The van der Waals surface area contributed by atoms with Crippen LogP contribution >= 0.6 is 0 Å². The molecule has 2 N–H and O–H groups in total. The molecule has 0 aliphatic heterocycles. The zero-order chi connectivity index (χ0) is 19.5. The van der Waals surface area contributed by atoms with E-state index in [2.05, 4.69) is 10.2 Å². The summed E-state index contributed by atoms with van der Waals surface area (Å²) >= 11 is 0. The first-order chi connectivity index (χ1) is 13.6. The lowest BCUT2D eigenvalue weighted by Gasteiger charge is -2.04. The lowest BCUT2D eigenvalue weighted by atomic mass is 10.0. The Balaban J connectivity index is 1.60. The van der Waals surface area contributed by atoms with Gasteiger partial charge in [-0.2, -0.15) is 5.11 Å². The third-order valence-corrected chi connectivity index (χ3v) is 4.48. The van der Waals surface area contributed by atoms with E-state index in [-0.39, 0.29) is 11.3 Å². The molecule has 0 aromatic heterocycles. The minimum absolute atomic E-state index is 0.0811. The molecule has 5 nitrogen and oxygen atoms in total. The second-order valence-corrected chi connectivity index (χ2v) is 6.28. The number of hydrogen-bond donors (Lipinski definition) is 2. The molecule has 4 aromatic carbocycles. The van der Waals surface area contributed by atoms with Gasteiger partial charge in [0.05, 0.1) is 11.3 Å².